The van der Waals surface area contributed by atoms with Crippen molar-refractivity contribution in [3.63, 3.8) is 0 Å². The van der Waals surface area contributed by atoms with Crippen molar-refractivity contribution >= 4 is 22.7 Å². The predicted molar refractivity (Wildman–Crippen MR) is 90.8 cm³/mol. The SMILES string of the molecule is CCCNC(C)c1cnc(-c2ccc(C(C)(C)C)s2)s1. The molecule has 0 fully saturated rings. The van der Waals surface area contributed by atoms with Gasteiger partial charge in [0.1, 0.15) is 5.01 Å². The number of thiazole rings is 1. The number of hydrogen-bond donors (Lipinski definition) is 1. The third-order valence-electron chi connectivity index (χ3n) is 3.21. The number of hydrogen-bond acceptors (Lipinski definition) is 4. The lowest BCUT2D eigenvalue weighted by atomic mass is 9.95. The van der Waals surface area contributed by atoms with E-state index in [0.29, 0.717) is 6.04 Å². The third-order valence-corrected chi connectivity index (χ3v) is 6.07. The summed E-state index contributed by atoms with van der Waals surface area (Å²) in [6.07, 6.45) is 3.18. The molecular formula is C16H24N2S2. The topological polar surface area (TPSA) is 24.9 Å². The molecule has 0 spiro atoms. The summed E-state index contributed by atoms with van der Waals surface area (Å²) in [5.41, 5.74) is 0.221. The van der Waals surface area contributed by atoms with Crippen LogP contribution in [0.2, 0.25) is 0 Å². The van der Waals surface area contributed by atoms with Gasteiger partial charge in [-0.25, -0.2) is 4.98 Å². The molecule has 0 aliphatic rings. The van der Waals surface area contributed by atoms with Crippen molar-refractivity contribution in [3.8, 4) is 9.88 Å². The normalized spacial score (nSPS) is 13.7. The zero-order valence-corrected chi connectivity index (χ0v) is 14.6. The highest BCUT2D eigenvalue weighted by atomic mass is 32.1. The first kappa shape index (κ1) is 15.7. The maximum Gasteiger partial charge on any atom is 0.133 e. The van der Waals surface area contributed by atoms with Gasteiger partial charge in [-0.3, -0.25) is 0 Å². The van der Waals surface area contributed by atoms with Gasteiger partial charge in [0.2, 0.25) is 0 Å². The van der Waals surface area contributed by atoms with Crippen LogP contribution in [0.4, 0.5) is 0 Å². The molecule has 0 bridgehead atoms. The fourth-order valence-corrected chi connectivity index (χ4v) is 3.99. The van der Waals surface area contributed by atoms with E-state index in [-0.39, 0.29) is 5.41 Å². The molecule has 1 atom stereocenters. The van der Waals surface area contributed by atoms with Crippen LogP contribution >= 0.6 is 22.7 Å². The van der Waals surface area contributed by atoms with Crippen molar-refractivity contribution in [1.29, 1.82) is 0 Å². The van der Waals surface area contributed by atoms with Gasteiger partial charge in [0.25, 0.3) is 0 Å². The Kier molecular flexibility index (Phi) is 4.99. The van der Waals surface area contributed by atoms with Crippen LogP contribution in [0.3, 0.4) is 0 Å². The fourth-order valence-electron chi connectivity index (χ4n) is 1.92. The van der Waals surface area contributed by atoms with Crippen molar-refractivity contribution in [2.24, 2.45) is 0 Å². The molecule has 0 aromatic carbocycles. The lowest BCUT2D eigenvalue weighted by molar-refractivity contribution is 0.577. The summed E-state index contributed by atoms with van der Waals surface area (Å²) in [6.45, 7) is 12.2. The molecule has 0 saturated heterocycles. The van der Waals surface area contributed by atoms with E-state index in [1.165, 1.54) is 14.6 Å². The lowest BCUT2D eigenvalue weighted by Crippen LogP contribution is -2.18. The van der Waals surface area contributed by atoms with E-state index >= 15 is 0 Å². The van der Waals surface area contributed by atoms with E-state index < -0.39 is 0 Å². The Hall–Kier alpha value is -0.710. The molecule has 2 aromatic heterocycles. The summed E-state index contributed by atoms with van der Waals surface area (Å²) >= 11 is 3.67. The molecule has 20 heavy (non-hydrogen) atoms. The zero-order chi connectivity index (χ0) is 14.8. The van der Waals surface area contributed by atoms with E-state index in [1.807, 2.05) is 17.5 Å². The zero-order valence-electron chi connectivity index (χ0n) is 13.0. The molecule has 0 aliphatic carbocycles. The number of rotatable bonds is 5. The molecule has 1 N–H and O–H groups in total. The standard InChI is InChI=1S/C16H24N2S2/c1-6-9-17-11(2)13-10-18-15(20-13)12-7-8-14(19-12)16(3,4)5/h7-8,10-11,17H,6,9H2,1-5H3. The Bertz CT molecular complexity index is 549. The van der Waals surface area contributed by atoms with Crippen LogP contribution in [0.5, 0.6) is 0 Å². The first-order chi connectivity index (χ1) is 9.41. The van der Waals surface area contributed by atoms with Gasteiger partial charge >= 0.3 is 0 Å². The predicted octanol–water partition coefficient (Wildman–Crippen LogP) is 5.23. The van der Waals surface area contributed by atoms with Gasteiger partial charge in [0.05, 0.1) is 4.88 Å². The minimum atomic E-state index is 0.221. The van der Waals surface area contributed by atoms with E-state index in [4.69, 9.17) is 0 Å². The van der Waals surface area contributed by atoms with E-state index in [0.717, 1.165) is 18.0 Å². The molecule has 1 unspecified atom stereocenters. The van der Waals surface area contributed by atoms with E-state index in [1.54, 1.807) is 11.3 Å². The van der Waals surface area contributed by atoms with Crippen LogP contribution < -0.4 is 5.32 Å². The van der Waals surface area contributed by atoms with Crippen molar-refractivity contribution in [2.75, 3.05) is 6.54 Å². The Labute approximate surface area is 130 Å². The largest absolute Gasteiger partial charge is 0.309 e. The van der Waals surface area contributed by atoms with Crippen molar-refractivity contribution < 1.29 is 0 Å². The van der Waals surface area contributed by atoms with Gasteiger partial charge < -0.3 is 5.32 Å². The summed E-state index contributed by atoms with van der Waals surface area (Å²) in [6, 6.07) is 4.83. The molecule has 0 radical (unpaired) electrons. The molecular weight excluding hydrogens is 284 g/mol. The highest BCUT2D eigenvalue weighted by Crippen LogP contribution is 2.37. The van der Waals surface area contributed by atoms with Gasteiger partial charge in [-0.2, -0.15) is 0 Å². The Morgan fingerprint density at radius 1 is 1.25 bits per heavy atom. The minimum absolute atomic E-state index is 0.221. The van der Waals surface area contributed by atoms with Crippen molar-refractivity contribution in [2.45, 2.75) is 52.5 Å². The van der Waals surface area contributed by atoms with Crippen LogP contribution in [-0.4, -0.2) is 11.5 Å². The summed E-state index contributed by atoms with van der Waals surface area (Å²) in [5, 5.41) is 4.66. The maximum absolute atomic E-state index is 4.60. The van der Waals surface area contributed by atoms with Gasteiger partial charge in [0, 0.05) is 22.0 Å². The van der Waals surface area contributed by atoms with Gasteiger partial charge in [-0.15, -0.1) is 22.7 Å². The average Bonchev–Trinajstić information content (AvgIpc) is 3.02. The van der Waals surface area contributed by atoms with Crippen LogP contribution in [0.15, 0.2) is 18.3 Å². The number of thiophene rings is 1. The van der Waals surface area contributed by atoms with Crippen molar-refractivity contribution in [1.82, 2.24) is 10.3 Å². The fraction of sp³-hybridized carbons (Fsp3) is 0.562. The Morgan fingerprint density at radius 2 is 2.00 bits per heavy atom. The van der Waals surface area contributed by atoms with Crippen LogP contribution in [0.1, 0.15) is 56.8 Å². The molecule has 0 amide bonds. The lowest BCUT2D eigenvalue weighted by Gasteiger charge is -2.15. The summed E-state index contributed by atoms with van der Waals surface area (Å²) in [4.78, 5) is 8.62. The quantitative estimate of drug-likeness (QED) is 0.818. The number of aromatic nitrogens is 1. The second kappa shape index (κ2) is 6.37. The Morgan fingerprint density at radius 3 is 2.60 bits per heavy atom. The first-order valence-electron chi connectivity index (χ1n) is 7.21. The summed E-state index contributed by atoms with van der Waals surface area (Å²) in [5.74, 6) is 0. The Balaban J connectivity index is 2.14. The molecule has 0 aliphatic heterocycles. The molecule has 0 saturated carbocycles. The molecule has 2 nitrogen and oxygen atoms in total. The van der Waals surface area contributed by atoms with Gasteiger partial charge in [0.15, 0.2) is 0 Å². The average molecular weight is 309 g/mol. The maximum atomic E-state index is 4.60. The van der Waals surface area contributed by atoms with E-state index in [9.17, 15) is 0 Å². The monoisotopic (exact) mass is 308 g/mol. The number of nitrogens with zero attached hydrogens (tertiary/aromatic N) is 1. The molecule has 4 heteroatoms. The van der Waals surface area contributed by atoms with Crippen LogP contribution in [-0.2, 0) is 5.41 Å². The van der Waals surface area contributed by atoms with Crippen LogP contribution in [0, 0.1) is 0 Å². The van der Waals surface area contributed by atoms with E-state index in [2.05, 4.69) is 57.1 Å². The van der Waals surface area contributed by atoms with Crippen molar-refractivity contribution in [3.05, 3.63) is 28.1 Å². The molecule has 2 heterocycles. The minimum Gasteiger partial charge on any atom is -0.309 e. The third kappa shape index (κ3) is 3.68. The second-order valence-corrected chi connectivity index (χ2v) is 8.30. The number of nitrogens with one attached hydrogen (secondary N) is 1. The molecule has 2 aromatic rings. The van der Waals surface area contributed by atoms with Gasteiger partial charge in [-0.05, 0) is 37.4 Å². The summed E-state index contributed by atoms with van der Waals surface area (Å²) < 4.78 is 0. The molecule has 110 valence electrons. The second-order valence-electron chi connectivity index (χ2n) is 6.16. The highest BCUT2D eigenvalue weighted by molar-refractivity contribution is 7.21. The first-order valence-corrected chi connectivity index (χ1v) is 8.85. The highest BCUT2D eigenvalue weighted by Gasteiger charge is 2.18. The van der Waals surface area contributed by atoms with Gasteiger partial charge in [-0.1, -0.05) is 27.7 Å². The van der Waals surface area contributed by atoms with Crippen LogP contribution in [0.25, 0.3) is 9.88 Å². The smallest absolute Gasteiger partial charge is 0.133 e. The molecule has 2 rings (SSSR count). The summed E-state index contributed by atoms with van der Waals surface area (Å²) in [7, 11) is 0.